The molecule has 3 fully saturated rings. The third kappa shape index (κ3) is 6.19. The second-order valence-corrected chi connectivity index (χ2v) is 14.0. The fraction of sp³-hybridized carbons (Fsp3) is 0.483. The van der Waals surface area contributed by atoms with E-state index in [0.717, 1.165) is 48.4 Å². The number of thiophene rings is 1. The second-order valence-electron chi connectivity index (χ2n) is 10.8. The van der Waals surface area contributed by atoms with Crippen LogP contribution in [0.1, 0.15) is 38.5 Å². The molecule has 0 bridgehead atoms. The molecule has 218 valence electrons. The van der Waals surface area contributed by atoms with Crippen LogP contribution in [0.2, 0.25) is 0 Å². The molecule has 2 aromatic heterocycles. The second kappa shape index (κ2) is 12.3. The lowest BCUT2D eigenvalue weighted by atomic mass is 10.0. The van der Waals surface area contributed by atoms with E-state index in [4.69, 9.17) is 4.98 Å². The highest BCUT2D eigenvalue weighted by atomic mass is 32.2. The number of nitrogens with zero attached hydrogens (tertiary/aromatic N) is 5. The number of benzene rings is 1. The number of hydrogen-bond acceptors (Lipinski definition) is 8. The fourth-order valence-electron chi connectivity index (χ4n) is 5.73. The number of piperidine rings is 2. The van der Waals surface area contributed by atoms with Crippen molar-refractivity contribution in [3.05, 3.63) is 42.6 Å². The van der Waals surface area contributed by atoms with Crippen molar-refractivity contribution in [3.63, 3.8) is 0 Å². The van der Waals surface area contributed by atoms with Gasteiger partial charge in [0.25, 0.3) is 10.0 Å². The standard InChI is InChI=1S/C29H37N7O3S2/c37-29-31-13-19-35(29)18-12-30-28-32-21-24(22-8-7-9-23(20-22)34-14-3-1-4-15-34)27(33-28)25-10-11-26(40-25)41(38,39)36-16-5-2-6-17-36/h7-11,20-21H,1-6,12-19H2,(H,31,37)(H,30,32,33). The molecular formula is C29H37N7O3S2. The Morgan fingerprint density at radius 3 is 2.49 bits per heavy atom. The van der Waals surface area contributed by atoms with E-state index in [2.05, 4.69) is 44.8 Å². The van der Waals surface area contributed by atoms with Crippen molar-refractivity contribution >= 4 is 39.0 Å². The van der Waals surface area contributed by atoms with Gasteiger partial charge in [-0.25, -0.2) is 23.2 Å². The van der Waals surface area contributed by atoms with Gasteiger partial charge >= 0.3 is 6.03 Å². The van der Waals surface area contributed by atoms with Crippen molar-refractivity contribution < 1.29 is 13.2 Å². The Labute approximate surface area is 245 Å². The zero-order valence-electron chi connectivity index (χ0n) is 23.2. The van der Waals surface area contributed by atoms with Crippen LogP contribution < -0.4 is 15.5 Å². The van der Waals surface area contributed by atoms with Crippen molar-refractivity contribution in [1.82, 2.24) is 24.5 Å². The molecule has 3 aliphatic heterocycles. The number of urea groups is 1. The molecule has 2 N–H and O–H groups in total. The van der Waals surface area contributed by atoms with Gasteiger partial charge in [-0.1, -0.05) is 18.6 Å². The minimum atomic E-state index is -3.54. The monoisotopic (exact) mass is 595 g/mol. The molecule has 6 rings (SSSR count). The number of amides is 2. The van der Waals surface area contributed by atoms with Crippen molar-refractivity contribution in [2.75, 3.05) is 62.6 Å². The lowest BCUT2D eigenvalue weighted by Gasteiger charge is -2.29. The number of nitrogens with one attached hydrogen (secondary N) is 2. The number of rotatable bonds is 9. The highest BCUT2D eigenvalue weighted by Gasteiger charge is 2.28. The maximum atomic E-state index is 13.4. The van der Waals surface area contributed by atoms with Crippen LogP contribution >= 0.6 is 11.3 Å². The number of carbonyl (C=O) groups is 1. The smallest absolute Gasteiger partial charge is 0.317 e. The van der Waals surface area contributed by atoms with Crippen LogP contribution in [0.15, 0.2) is 46.8 Å². The quantitative estimate of drug-likeness (QED) is 0.376. The Balaban J connectivity index is 1.31. The topological polar surface area (TPSA) is 111 Å². The van der Waals surface area contributed by atoms with Crippen molar-refractivity contribution in [2.24, 2.45) is 0 Å². The number of carbonyl (C=O) groups excluding carboxylic acids is 1. The van der Waals surface area contributed by atoms with Crippen molar-refractivity contribution in [3.8, 4) is 21.7 Å². The summed E-state index contributed by atoms with van der Waals surface area (Å²) in [6.07, 6.45) is 8.35. The van der Waals surface area contributed by atoms with E-state index in [9.17, 15) is 13.2 Å². The Bertz CT molecular complexity index is 1480. The first-order valence-electron chi connectivity index (χ1n) is 14.6. The number of aromatic nitrogens is 2. The molecule has 2 amide bonds. The minimum absolute atomic E-state index is 0.0571. The van der Waals surface area contributed by atoms with E-state index in [0.29, 0.717) is 55.1 Å². The van der Waals surface area contributed by atoms with E-state index in [1.807, 2.05) is 12.3 Å². The van der Waals surface area contributed by atoms with Crippen LogP contribution in [-0.2, 0) is 10.0 Å². The molecule has 41 heavy (non-hydrogen) atoms. The predicted molar refractivity (Wildman–Crippen MR) is 163 cm³/mol. The maximum Gasteiger partial charge on any atom is 0.317 e. The van der Waals surface area contributed by atoms with Crippen LogP contribution in [0.3, 0.4) is 0 Å². The first kappa shape index (κ1) is 27.9. The van der Waals surface area contributed by atoms with Gasteiger partial charge in [-0.15, -0.1) is 11.3 Å². The van der Waals surface area contributed by atoms with Gasteiger partial charge in [0.1, 0.15) is 4.21 Å². The average Bonchev–Trinajstić information content (AvgIpc) is 3.68. The summed E-state index contributed by atoms with van der Waals surface area (Å²) in [6, 6.07) is 12.0. The third-order valence-electron chi connectivity index (χ3n) is 8.00. The van der Waals surface area contributed by atoms with Crippen molar-refractivity contribution in [1.29, 1.82) is 0 Å². The Morgan fingerprint density at radius 2 is 1.73 bits per heavy atom. The fourth-order valence-corrected chi connectivity index (χ4v) is 8.72. The highest BCUT2D eigenvalue weighted by molar-refractivity contribution is 7.91. The van der Waals surface area contributed by atoms with Crippen molar-refractivity contribution in [2.45, 2.75) is 42.7 Å². The molecule has 3 saturated heterocycles. The van der Waals surface area contributed by atoms with Gasteiger partial charge in [-0.3, -0.25) is 0 Å². The molecule has 0 saturated carbocycles. The molecule has 0 aliphatic carbocycles. The summed E-state index contributed by atoms with van der Waals surface area (Å²) in [4.78, 5) is 26.4. The Morgan fingerprint density at radius 1 is 0.951 bits per heavy atom. The van der Waals surface area contributed by atoms with Crippen LogP contribution in [0.5, 0.6) is 0 Å². The van der Waals surface area contributed by atoms with E-state index in [1.165, 1.54) is 36.3 Å². The predicted octanol–water partition coefficient (Wildman–Crippen LogP) is 4.47. The molecule has 0 radical (unpaired) electrons. The van der Waals surface area contributed by atoms with Crippen LogP contribution in [0.4, 0.5) is 16.4 Å². The molecule has 3 aliphatic rings. The van der Waals surface area contributed by atoms with Gasteiger partial charge < -0.3 is 20.4 Å². The summed E-state index contributed by atoms with van der Waals surface area (Å²) in [5, 5.41) is 6.07. The summed E-state index contributed by atoms with van der Waals surface area (Å²) in [5.74, 6) is 0.448. The lowest BCUT2D eigenvalue weighted by molar-refractivity contribution is 0.219. The number of anilines is 2. The van der Waals surface area contributed by atoms with Gasteiger partial charge in [-0.05, 0) is 61.9 Å². The third-order valence-corrected chi connectivity index (χ3v) is 11.5. The summed E-state index contributed by atoms with van der Waals surface area (Å²) in [7, 11) is -3.54. The van der Waals surface area contributed by atoms with E-state index >= 15 is 0 Å². The van der Waals surface area contributed by atoms with Crippen LogP contribution in [0.25, 0.3) is 21.7 Å². The highest BCUT2D eigenvalue weighted by Crippen LogP contribution is 2.38. The lowest BCUT2D eigenvalue weighted by Crippen LogP contribution is -2.35. The SMILES string of the molecule is O=C1NCCN1CCNc1ncc(-c2cccc(N3CCCCC3)c2)c(-c2ccc(S(=O)(=O)N3CCCCC3)s2)n1. The van der Waals surface area contributed by atoms with Gasteiger partial charge in [0.05, 0.1) is 10.6 Å². The largest absolute Gasteiger partial charge is 0.372 e. The van der Waals surface area contributed by atoms with Gasteiger partial charge in [0.2, 0.25) is 5.95 Å². The van der Waals surface area contributed by atoms with E-state index in [1.54, 1.807) is 15.3 Å². The molecular weight excluding hydrogens is 558 g/mol. The normalized spacial score (nSPS) is 18.5. The summed E-state index contributed by atoms with van der Waals surface area (Å²) < 4.78 is 28.8. The number of sulfonamides is 1. The zero-order chi connectivity index (χ0) is 28.2. The van der Waals surface area contributed by atoms with Crippen LogP contribution in [0, 0.1) is 0 Å². The molecule has 3 aromatic rings. The molecule has 0 atom stereocenters. The Kier molecular flexibility index (Phi) is 8.40. The van der Waals surface area contributed by atoms with Gasteiger partial charge in [0.15, 0.2) is 0 Å². The summed E-state index contributed by atoms with van der Waals surface area (Å²) in [6.45, 7) is 5.63. The minimum Gasteiger partial charge on any atom is -0.372 e. The molecule has 0 spiro atoms. The molecule has 0 unspecified atom stereocenters. The van der Waals surface area contributed by atoms with E-state index < -0.39 is 10.0 Å². The zero-order valence-corrected chi connectivity index (χ0v) is 24.9. The Hall–Kier alpha value is -3.22. The molecule has 1 aromatic carbocycles. The number of hydrogen-bond donors (Lipinski definition) is 2. The molecule has 12 heteroatoms. The van der Waals surface area contributed by atoms with E-state index in [-0.39, 0.29) is 6.03 Å². The molecule has 5 heterocycles. The summed E-state index contributed by atoms with van der Waals surface area (Å²) in [5.41, 5.74) is 3.73. The molecule has 10 nitrogen and oxygen atoms in total. The first-order chi connectivity index (χ1) is 20.0. The van der Waals surface area contributed by atoms with Crippen LogP contribution in [-0.4, -0.2) is 86.0 Å². The van der Waals surface area contributed by atoms with Gasteiger partial charge in [-0.2, -0.15) is 4.31 Å². The average molecular weight is 596 g/mol. The summed E-state index contributed by atoms with van der Waals surface area (Å²) >= 11 is 1.26. The van der Waals surface area contributed by atoms with Gasteiger partial charge in [0, 0.05) is 69.8 Å². The maximum absolute atomic E-state index is 13.4. The first-order valence-corrected chi connectivity index (χ1v) is 16.8.